The molecular weight excluding hydrogens is 218 g/mol. The van der Waals surface area contributed by atoms with Crippen molar-refractivity contribution >= 4 is 5.91 Å². The van der Waals surface area contributed by atoms with E-state index in [0.717, 1.165) is 11.5 Å². The molecule has 17 heavy (non-hydrogen) atoms. The molecule has 96 valence electrons. The van der Waals surface area contributed by atoms with Crippen LogP contribution in [0.15, 0.2) is 10.6 Å². The third kappa shape index (κ3) is 4.99. The van der Waals surface area contributed by atoms with Gasteiger partial charge in [-0.25, -0.2) is 0 Å². The van der Waals surface area contributed by atoms with Crippen LogP contribution in [0.25, 0.3) is 0 Å². The van der Waals surface area contributed by atoms with E-state index in [4.69, 9.17) is 4.52 Å². The minimum atomic E-state index is 0.00226. The van der Waals surface area contributed by atoms with Gasteiger partial charge in [0.05, 0.1) is 18.8 Å². The van der Waals surface area contributed by atoms with Crippen molar-refractivity contribution in [2.45, 2.75) is 40.3 Å². The van der Waals surface area contributed by atoms with E-state index in [0.29, 0.717) is 12.5 Å². The Kier molecular flexibility index (Phi) is 5.15. The lowest BCUT2D eigenvalue weighted by Gasteiger charge is -2.17. The molecule has 1 amide bonds. The van der Waals surface area contributed by atoms with Crippen LogP contribution in [0.4, 0.5) is 0 Å². The average molecular weight is 239 g/mol. The Labute approximate surface area is 102 Å². The van der Waals surface area contributed by atoms with E-state index in [-0.39, 0.29) is 18.5 Å². The highest BCUT2D eigenvalue weighted by atomic mass is 16.5. The SMILES string of the molecule is Cc1cc(CNCC(=O)NC(C)C(C)C)on1. The molecule has 0 aliphatic rings. The molecule has 5 nitrogen and oxygen atoms in total. The summed E-state index contributed by atoms with van der Waals surface area (Å²) < 4.78 is 5.02. The number of aryl methyl sites for hydroxylation is 1. The minimum absolute atomic E-state index is 0.00226. The van der Waals surface area contributed by atoms with Crippen molar-refractivity contribution in [2.24, 2.45) is 5.92 Å². The molecule has 0 aliphatic carbocycles. The summed E-state index contributed by atoms with van der Waals surface area (Å²) in [5.74, 6) is 1.19. The molecule has 0 aromatic carbocycles. The lowest BCUT2D eigenvalue weighted by Crippen LogP contribution is -2.41. The molecule has 0 bridgehead atoms. The van der Waals surface area contributed by atoms with Gasteiger partial charge in [-0.2, -0.15) is 0 Å². The van der Waals surface area contributed by atoms with E-state index >= 15 is 0 Å². The van der Waals surface area contributed by atoms with E-state index in [1.54, 1.807) is 0 Å². The van der Waals surface area contributed by atoms with Gasteiger partial charge in [-0.15, -0.1) is 0 Å². The van der Waals surface area contributed by atoms with Crippen LogP contribution in [0.3, 0.4) is 0 Å². The van der Waals surface area contributed by atoms with Crippen LogP contribution in [0.2, 0.25) is 0 Å². The number of hydrogen-bond donors (Lipinski definition) is 2. The van der Waals surface area contributed by atoms with E-state index in [2.05, 4.69) is 29.6 Å². The number of carbonyl (C=O) groups excluding carboxylic acids is 1. The second kappa shape index (κ2) is 6.39. The summed E-state index contributed by atoms with van der Waals surface area (Å²) in [7, 11) is 0. The number of carbonyl (C=O) groups is 1. The van der Waals surface area contributed by atoms with E-state index < -0.39 is 0 Å². The van der Waals surface area contributed by atoms with Crippen LogP contribution >= 0.6 is 0 Å². The maximum atomic E-state index is 11.5. The van der Waals surface area contributed by atoms with Crippen LogP contribution in [0.5, 0.6) is 0 Å². The largest absolute Gasteiger partial charge is 0.360 e. The van der Waals surface area contributed by atoms with Crippen LogP contribution in [0.1, 0.15) is 32.2 Å². The fourth-order valence-electron chi connectivity index (χ4n) is 1.27. The third-order valence-corrected chi connectivity index (χ3v) is 2.65. The first-order valence-electron chi connectivity index (χ1n) is 5.91. The smallest absolute Gasteiger partial charge is 0.234 e. The van der Waals surface area contributed by atoms with Gasteiger partial charge in [0.15, 0.2) is 5.76 Å². The van der Waals surface area contributed by atoms with Gasteiger partial charge in [-0.05, 0) is 19.8 Å². The minimum Gasteiger partial charge on any atom is -0.360 e. The lowest BCUT2D eigenvalue weighted by atomic mass is 10.1. The molecule has 1 atom stereocenters. The number of amides is 1. The highest BCUT2D eigenvalue weighted by Gasteiger charge is 2.10. The molecule has 0 saturated carbocycles. The summed E-state index contributed by atoms with van der Waals surface area (Å²) in [5, 5.41) is 9.71. The number of nitrogens with one attached hydrogen (secondary N) is 2. The molecule has 0 aliphatic heterocycles. The van der Waals surface area contributed by atoms with Crippen molar-refractivity contribution in [1.82, 2.24) is 15.8 Å². The first kappa shape index (κ1) is 13.7. The van der Waals surface area contributed by atoms with Crippen molar-refractivity contribution < 1.29 is 9.32 Å². The monoisotopic (exact) mass is 239 g/mol. The van der Waals surface area contributed by atoms with Gasteiger partial charge >= 0.3 is 0 Å². The topological polar surface area (TPSA) is 67.2 Å². The van der Waals surface area contributed by atoms with Crippen LogP contribution in [0, 0.1) is 12.8 Å². The summed E-state index contributed by atoms with van der Waals surface area (Å²) in [6, 6.07) is 2.04. The summed E-state index contributed by atoms with van der Waals surface area (Å²) in [6.45, 7) is 8.83. The Bertz CT molecular complexity index is 360. The van der Waals surface area contributed by atoms with Crippen LogP contribution in [-0.2, 0) is 11.3 Å². The Morgan fingerprint density at radius 1 is 1.47 bits per heavy atom. The van der Waals surface area contributed by atoms with Gasteiger partial charge in [0.2, 0.25) is 5.91 Å². The van der Waals surface area contributed by atoms with Gasteiger partial charge in [-0.1, -0.05) is 19.0 Å². The molecule has 0 spiro atoms. The Hall–Kier alpha value is -1.36. The molecule has 0 fully saturated rings. The Balaban J connectivity index is 2.20. The number of nitrogens with zero attached hydrogens (tertiary/aromatic N) is 1. The maximum absolute atomic E-state index is 11.5. The molecule has 0 radical (unpaired) electrons. The zero-order chi connectivity index (χ0) is 12.8. The highest BCUT2D eigenvalue weighted by molar-refractivity contribution is 5.78. The van der Waals surface area contributed by atoms with Crippen molar-refractivity contribution in [2.75, 3.05) is 6.54 Å². The summed E-state index contributed by atoms with van der Waals surface area (Å²) in [5.41, 5.74) is 0.847. The highest BCUT2D eigenvalue weighted by Crippen LogP contribution is 2.01. The summed E-state index contributed by atoms with van der Waals surface area (Å²) >= 11 is 0. The maximum Gasteiger partial charge on any atom is 0.234 e. The first-order valence-corrected chi connectivity index (χ1v) is 5.91. The molecule has 1 heterocycles. The van der Waals surface area contributed by atoms with E-state index in [1.807, 2.05) is 19.9 Å². The molecule has 1 aromatic rings. The number of hydrogen-bond acceptors (Lipinski definition) is 4. The fraction of sp³-hybridized carbons (Fsp3) is 0.667. The zero-order valence-corrected chi connectivity index (χ0v) is 10.9. The van der Waals surface area contributed by atoms with E-state index in [1.165, 1.54) is 0 Å². The van der Waals surface area contributed by atoms with Crippen LogP contribution < -0.4 is 10.6 Å². The molecular formula is C12H21N3O2. The van der Waals surface area contributed by atoms with Gasteiger partial charge in [-0.3, -0.25) is 4.79 Å². The molecule has 1 unspecified atom stereocenters. The molecule has 1 rings (SSSR count). The quantitative estimate of drug-likeness (QED) is 0.783. The summed E-state index contributed by atoms with van der Waals surface area (Å²) in [6.07, 6.45) is 0. The van der Waals surface area contributed by atoms with Crippen LogP contribution in [-0.4, -0.2) is 23.7 Å². The second-order valence-corrected chi connectivity index (χ2v) is 4.64. The summed E-state index contributed by atoms with van der Waals surface area (Å²) in [4.78, 5) is 11.5. The van der Waals surface area contributed by atoms with Gasteiger partial charge in [0.1, 0.15) is 0 Å². The lowest BCUT2D eigenvalue weighted by molar-refractivity contribution is -0.121. The average Bonchev–Trinajstić information content (AvgIpc) is 2.64. The van der Waals surface area contributed by atoms with E-state index in [9.17, 15) is 4.79 Å². The normalized spacial score (nSPS) is 12.8. The Morgan fingerprint density at radius 3 is 2.71 bits per heavy atom. The van der Waals surface area contributed by atoms with Gasteiger partial charge < -0.3 is 15.2 Å². The van der Waals surface area contributed by atoms with Gasteiger partial charge in [0.25, 0.3) is 0 Å². The van der Waals surface area contributed by atoms with Crippen molar-refractivity contribution in [3.8, 4) is 0 Å². The predicted octanol–water partition coefficient (Wildman–Crippen LogP) is 1.23. The fourth-order valence-corrected chi connectivity index (χ4v) is 1.27. The number of aromatic nitrogens is 1. The molecule has 0 saturated heterocycles. The van der Waals surface area contributed by atoms with Crippen molar-refractivity contribution in [3.63, 3.8) is 0 Å². The zero-order valence-electron chi connectivity index (χ0n) is 10.9. The van der Waals surface area contributed by atoms with Crippen molar-refractivity contribution in [3.05, 3.63) is 17.5 Å². The third-order valence-electron chi connectivity index (χ3n) is 2.65. The first-order chi connectivity index (χ1) is 7.99. The Morgan fingerprint density at radius 2 is 2.18 bits per heavy atom. The van der Waals surface area contributed by atoms with Crippen molar-refractivity contribution in [1.29, 1.82) is 0 Å². The standard InChI is InChI=1S/C12H21N3O2/c1-8(2)10(4)14-12(16)7-13-6-11-5-9(3)15-17-11/h5,8,10,13H,6-7H2,1-4H3,(H,14,16). The predicted molar refractivity (Wildman–Crippen MR) is 65.4 cm³/mol. The second-order valence-electron chi connectivity index (χ2n) is 4.64. The van der Waals surface area contributed by atoms with Gasteiger partial charge in [0, 0.05) is 12.1 Å². The molecule has 5 heteroatoms. The molecule has 2 N–H and O–H groups in total. The molecule has 1 aromatic heterocycles. The number of rotatable bonds is 6.